The first-order valence-electron chi connectivity index (χ1n) is 11.0. The summed E-state index contributed by atoms with van der Waals surface area (Å²) < 4.78 is 12.0. The van der Waals surface area contributed by atoms with Crippen molar-refractivity contribution in [1.29, 1.82) is 0 Å². The number of thioether (sulfide) groups is 1. The second-order valence-electron chi connectivity index (χ2n) is 7.95. The zero-order chi connectivity index (χ0) is 24.9. The Morgan fingerprint density at radius 2 is 2.00 bits per heavy atom. The van der Waals surface area contributed by atoms with Crippen molar-refractivity contribution in [2.75, 3.05) is 19.6 Å². The number of carbonyl (C=O) groups is 3. The number of carboxylic acid groups (broad SMARTS) is 1. The molecule has 3 heterocycles. The summed E-state index contributed by atoms with van der Waals surface area (Å²) in [6.45, 7) is 6.35. The molecule has 35 heavy (non-hydrogen) atoms. The summed E-state index contributed by atoms with van der Waals surface area (Å²) in [5, 5.41) is 8.77. The molecule has 2 fully saturated rings. The molecule has 0 spiro atoms. The van der Waals surface area contributed by atoms with Gasteiger partial charge in [0.2, 0.25) is 11.8 Å². The lowest BCUT2D eigenvalue weighted by Gasteiger charge is -2.30. The van der Waals surface area contributed by atoms with Gasteiger partial charge >= 0.3 is 6.09 Å². The molecule has 0 bridgehead atoms. The number of rotatable bonds is 7. The molecule has 0 aliphatic carbocycles. The van der Waals surface area contributed by atoms with E-state index < -0.39 is 6.09 Å². The van der Waals surface area contributed by atoms with E-state index >= 15 is 0 Å². The highest BCUT2D eigenvalue weighted by molar-refractivity contribution is 8.18. The van der Waals surface area contributed by atoms with Crippen LogP contribution in [0, 0.1) is 6.92 Å². The van der Waals surface area contributed by atoms with Gasteiger partial charge in [-0.1, -0.05) is 18.2 Å². The fraction of sp³-hybridized carbons (Fsp3) is 0.292. The van der Waals surface area contributed by atoms with Crippen LogP contribution in [0.15, 0.2) is 48.2 Å². The highest BCUT2D eigenvalue weighted by Crippen LogP contribution is 2.33. The van der Waals surface area contributed by atoms with Gasteiger partial charge in [-0.2, -0.15) is 0 Å². The lowest BCUT2D eigenvalue weighted by Crippen LogP contribution is -2.41. The van der Waals surface area contributed by atoms with Crippen LogP contribution in [0.2, 0.25) is 0 Å². The summed E-state index contributed by atoms with van der Waals surface area (Å²) in [5.41, 5.74) is 1.31. The molecule has 2 aliphatic rings. The number of benzene rings is 1. The minimum absolute atomic E-state index is 0.146. The molecule has 10 nitrogen and oxygen atoms in total. The van der Waals surface area contributed by atoms with Gasteiger partial charge in [0.1, 0.15) is 18.2 Å². The average Bonchev–Trinajstić information content (AvgIpc) is 3.10. The van der Waals surface area contributed by atoms with Gasteiger partial charge in [-0.05, 0) is 42.5 Å². The van der Waals surface area contributed by atoms with Crippen LogP contribution >= 0.6 is 11.8 Å². The summed E-state index contributed by atoms with van der Waals surface area (Å²) in [5.74, 6) is 0.845. The molecule has 182 valence electrons. The number of piperidine rings is 1. The Kier molecular flexibility index (Phi) is 7.35. The van der Waals surface area contributed by atoms with E-state index in [2.05, 4.69) is 16.5 Å². The van der Waals surface area contributed by atoms with Crippen molar-refractivity contribution < 1.29 is 29.0 Å². The Hall–Kier alpha value is -3.86. The Morgan fingerprint density at radius 1 is 1.26 bits per heavy atom. The van der Waals surface area contributed by atoms with E-state index in [1.54, 1.807) is 37.3 Å². The highest BCUT2D eigenvalue weighted by atomic mass is 32.2. The third-order valence-corrected chi connectivity index (χ3v) is 6.45. The minimum Gasteiger partial charge on any atom is -0.474 e. The van der Waals surface area contributed by atoms with Gasteiger partial charge in [0.25, 0.3) is 11.1 Å². The van der Waals surface area contributed by atoms with Crippen LogP contribution < -0.4 is 9.47 Å². The number of likely N-dealkylation sites (tertiary alicyclic amines) is 1. The van der Waals surface area contributed by atoms with Crippen LogP contribution in [0.5, 0.6) is 17.5 Å². The molecule has 2 saturated heterocycles. The number of imide groups is 1. The second kappa shape index (κ2) is 10.6. The molecule has 0 unspecified atom stereocenters. The van der Waals surface area contributed by atoms with Crippen molar-refractivity contribution in [1.82, 2.24) is 19.8 Å². The van der Waals surface area contributed by atoms with Crippen molar-refractivity contribution >= 4 is 35.1 Å². The lowest BCUT2D eigenvalue weighted by molar-refractivity contribution is -0.122. The molecular formula is C24H24N4O6S. The van der Waals surface area contributed by atoms with E-state index in [0.29, 0.717) is 59.5 Å². The molecular weight excluding hydrogens is 472 g/mol. The fourth-order valence-corrected chi connectivity index (χ4v) is 4.53. The van der Waals surface area contributed by atoms with E-state index in [1.165, 1.54) is 17.3 Å². The first kappa shape index (κ1) is 24.3. The maximum atomic E-state index is 12.5. The molecule has 2 aliphatic heterocycles. The molecule has 3 amide bonds. The first-order chi connectivity index (χ1) is 16.9. The average molecular weight is 497 g/mol. The van der Waals surface area contributed by atoms with Gasteiger partial charge in [0.05, 0.1) is 10.5 Å². The largest absolute Gasteiger partial charge is 0.474 e. The molecule has 1 aromatic heterocycles. The lowest BCUT2D eigenvalue weighted by atomic mass is 10.1. The topological polar surface area (TPSA) is 122 Å². The number of hydrogen-bond acceptors (Lipinski definition) is 8. The van der Waals surface area contributed by atoms with Crippen molar-refractivity contribution in [3.63, 3.8) is 0 Å². The molecule has 1 aromatic carbocycles. The SMILES string of the molecule is C=CCN1C(=O)S/C(=C\c2cccc(Oc3ncnc(OC4CCN(C(=O)O)CC4)c3C)c2)C1=O. The standard InChI is InChI=1S/C24H24N4O6S/c1-3-9-28-22(29)19(35-24(28)32)13-16-5-4-6-18(12-16)34-21-15(2)20(25-14-26-21)33-17-7-10-27(11-8-17)23(30)31/h3-6,12-14,17H,1,7-11H2,2H3,(H,30,31)/b19-13-. The van der Waals surface area contributed by atoms with Crippen LogP contribution in [-0.4, -0.2) is 67.9 Å². The van der Waals surface area contributed by atoms with Crippen molar-refractivity contribution in [2.24, 2.45) is 0 Å². The Balaban J connectivity index is 1.45. The summed E-state index contributed by atoms with van der Waals surface area (Å²) >= 11 is 0.886. The van der Waals surface area contributed by atoms with E-state index in [9.17, 15) is 14.4 Å². The number of nitrogens with zero attached hydrogens (tertiary/aromatic N) is 4. The smallest absolute Gasteiger partial charge is 0.407 e. The minimum atomic E-state index is -0.924. The normalized spacial score (nSPS) is 17.7. The van der Waals surface area contributed by atoms with Gasteiger partial charge in [-0.15, -0.1) is 6.58 Å². The first-order valence-corrected chi connectivity index (χ1v) is 11.8. The van der Waals surface area contributed by atoms with Crippen LogP contribution in [-0.2, 0) is 4.79 Å². The number of ether oxygens (including phenoxy) is 2. The summed E-state index contributed by atoms with van der Waals surface area (Å²) in [6.07, 6.45) is 4.58. The van der Waals surface area contributed by atoms with Gasteiger partial charge in [-0.25, -0.2) is 14.8 Å². The summed E-state index contributed by atoms with van der Waals surface area (Å²) in [7, 11) is 0. The van der Waals surface area contributed by atoms with Crippen LogP contribution in [0.4, 0.5) is 9.59 Å². The molecule has 1 N–H and O–H groups in total. The number of amides is 3. The molecule has 0 saturated carbocycles. The molecule has 0 atom stereocenters. The van der Waals surface area contributed by atoms with Gasteiger partial charge in [0.15, 0.2) is 0 Å². The third-order valence-electron chi connectivity index (χ3n) is 5.54. The zero-order valence-electron chi connectivity index (χ0n) is 19.0. The molecule has 0 radical (unpaired) electrons. The quantitative estimate of drug-likeness (QED) is 0.441. The highest BCUT2D eigenvalue weighted by Gasteiger charge is 2.34. The number of aromatic nitrogens is 2. The Morgan fingerprint density at radius 3 is 2.71 bits per heavy atom. The zero-order valence-corrected chi connectivity index (χ0v) is 19.9. The van der Waals surface area contributed by atoms with Gasteiger partial charge in [-0.3, -0.25) is 14.5 Å². The predicted octanol–water partition coefficient (Wildman–Crippen LogP) is 4.32. The monoisotopic (exact) mass is 496 g/mol. The maximum Gasteiger partial charge on any atom is 0.407 e. The molecule has 11 heteroatoms. The van der Waals surface area contributed by atoms with Gasteiger partial charge < -0.3 is 19.5 Å². The molecule has 4 rings (SSSR count). The maximum absolute atomic E-state index is 12.5. The Bertz CT molecular complexity index is 1190. The van der Waals surface area contributed by atoms with E-state index in [4.69, 9.17) is 14.6 Å². The van der Waals surface area contributed by atoms with Crippen LogP contribution in [0.25, 0.3) is 6.08 Å². The predicted molar refractivity (Wildman–Crippen MR) is 129 cm³/mol. The number of carbonyl (C=O) groups excluding carboxylic acids is 2. The van der Waals surface area contributed by atoms with Crippen molar-refractivity contribution in [3.8, 4) is 17.5 Å². The Labute approximate surface area is 206 Å². The summed E-state index contributed by atoms with van der Waals surface area (Å²) in [4.78, 5) is 46.9. The second-order valence-corrected chi connectivity index (χ2v) is 8.94. The van der Waals surface area contributed by atoms with E-state index in [1.807, 2.05) is 0 Å². The van der Waals surface area contributed by atoms with Crippen LogP contribution in [0.1, 0.15) is 24.0 Å². The number of hydrogen-bond donors (Lipinski definition) is 1. The van der Waals surface area contributed by atoms with E-state index in [0.717, 1.165) is 16.7 Å². The van der Waals surface area contributed by atoms with Crippen molar-refractivity contribution in [2.45, 2.75) is 25.9 Å². The van der Waals surface area contributed by atoms with Gasteiger partial charge in [0, 0.05) is 32.5 Å². The third kappa shape index (κ3) is 5.62. The van der Waals surface area contributed by atoms with E-state index in [-0.39, 0.29) is 23.8 Å². The summed E-state index contributed by atoms with van der Waals surface area (Å²) in [6, 6.07) is 7.08. The molecule has 2 aromatic rings. The van der Waals surface area contributed by atoms with Crippen LogP contribution in [0.3, 0.4) is 0 Å². The van der Waals surface area contributed by atoms with Crippen molar-refractivity contribution in [3.05, 3.63) is 59.3 Å². The fourth-order valence-electron chi connectivity index (χ4n) is 3.68.